The first kappa shape index (κ1) is 7.53. The fourth-order valence-electron chi connectivity index (χ4n) is 0.733. The monoisotopic (exact) mass is 246 g/mol. The first-order chi connectivity index (χ1) is 4.88. The minimum atomic E-state index is 0.855. The third-order valence-electron chi connectivity index (χ3n) is 1.20. The smallest absolute Gasteiger partial charge is 0.0632 e. The Bertz CT molecular complexity index is 250. The van der Waals surface area contributed by atoms with Gasteiger partial charge in [-0.1, -0.05) is 22.6 Å². The van der Waals surface area contributed by atoms with Gasteiger partial charge in [0.25, 0.3) is 0 Å². The van der Waals surface area contributed by atoms with Crippen LogP contribution in [0.2, 0.25) is 0 Å². The predicted molar refractivity (Wildman–Crippen MR) is 51.7 cm³/mol. The summed E-state index contributed by atoms with van der Waals surface area (Å²) in [7, 11) is 0. The van der Waals surface area contributed by atoms with Crippen molar-refractivity contribution in [2.75, 3.05) is 0 Å². The molecule has 0 fully saturated rings. The Morgan fingerprint density at radius 2 is 2.40 bits per heavy atom. The Labute approximate surface area is 73.0 Å². The van der Waals surface area contributed by atoms with Crippen molar-refractivity contribution in [2.24, 2.45) is 0 Å². The van der Waals surface area contributed by atoms with E-state index in [9.17, 15) is 0 Å². The fraction of sp³-hybridized carbons (Fsp3) is 0. The lowest BCUT2D eigenvalue weighted by atomic mass is 10.2. The summed E-state index contributed by atoms with van der Waals surface area (Å²) in [6, 6.07) is 1.94. The zero-order valence-corrected chi connectivity index (χ0v) is 7.42. The molecule has 0 aliphatic rings. The molecule has 0 saturated heterocycles. The van der Waals surface area contributed by atoms with Crippen LogP contribution in [0.25, 0.3) is 6.08 Å². The van der Waals surface area contributed by atoms with Gasteiger partial charge in [0, 0.05) is 18.0 Å². The second kappa shape index (κ2) is 3.55. The molecule has 0 radical (unpaired) electrons. The fourth-order valence-corrected chi connectivity index (χ4v) is 1.12. The largest absolute Gasteiger partial charge is 0.360 e. The first-order valence-electron chi connectivity index (χ1n) is 2.83. The van der Waals surface area contributed by atoms with E-state index in [1.165, 1.54) is 6.21 Å². The summed E-state index contributed by atoms with van der Waals surface area (Å²) in [5.74, 6) is 0. The molecule has 0 saturated carbocycles. The van der Waals surface area contributed by atoms with Crippen LogP contribution in [0.1, 0.15) is 11.3 Å². The second-order valence-corrected chi connectivity index (χ2v) is 2.50. The van der Waals surface area contributed by atoms with Crippen molar-refractivity contribution < 1.29 is 0 Å². The molecular weight excluding hydrogens is 239 g/mol. The molecule has 1 aromatic rings. The van der Waals surface area contributed by atoms with Crippen molar-refractivity contribution in [2.45, 2.75) is 0 Å². The number of halogens is 1. The number of H-pyrrole nitrogens is 1. The molecular formula is C7H7IN2. The van der Waals surface area contributed by atoms with Crippen LogP contribution >= 0.6 is 22.6 Å². The third kappa shape index (κ3) is 1.47. The molecule has 0 aromatic carbocycles. The third-order valence-corrected chi connectivity index (χ3v) is 1.56. The average molecular weight is 246 g/mol. The number of aromatic amines is 1. The van der Waals surface area contributed by atoms with Crippen molar-refractivity contribution in [3.63, 3.8) is 0 Å². The molecule has 0 amide bonds. The van der Waals surface area contributed by atoms with Gasteiger partial charge < -0.3 is 10.4 Å². The number of hydrogen-bond acceptors (Lipinski definition) is 1. The Balaban J connectivity index is 3.00. The van der Waals surface area contributed by atoms with E-state index in [1.807, 2.05) is 22.4 Å². The van der Waals surface area contributed by atoms with E-state index in [2.05, 4.69) is 27.6 Å². The average Bonchev–Trinajstić information content (AvgIpc) is 2.36. The van der Waals surface area contributed by atoms with Gasteiger partial charge in [-0.05, 0) is 16.2 Å². The highest BCUT2D eigenvalue weighted by Crippen LogP contribution is 2.07. The Kier molecular flexibility index (Phi) is 2.68. The van der Waals surface area contributed by atoms with E-state index < -0.39 is 0 Å². The molecule has 2 N–H and O–H groups in total. The van der Waals surface area contributed by atoms with Gasteiger partial charge in [0.15, 0.2) is 0 Å². The highest BCUT2D eigenvalue weighted by atomic mass is 127. The van der Waals surface area contributed by atoms with E-state index in [1.54, 1.807) is 0 Å². The van der Waals surface area contributed by atoms with Crippen LogP contribution in [0.3, 0.4) is 0 Å². The van der Waals surface area contributed by atoms with Crippen molar-refractivity contribution in [1.29, 1.82) is 5.41 Å². The predicted octanol–water partition coefficient (Wildman–Crippen LogP) is 2.42. The first-order valence-corrected chi connectivity index (χ1v) is 4.07. The summed E-state index contributed by atoms with van der Waals surface area (Å²) in [5, 5.41) is 6.99. The zero-order chi connectivity index (χ0) is 7.40. The normalized spacial score (nSPS) is 10.5. The second-order valence-electron chi connectivity index (χ2n) is 1.78. The van der Waals surface area contributed by atoms with Gasteiger partial charge in [-0.15, -0.1) is 0 Å². The van der Waals surface area contributed by atoms with Gasteiger partial charge in [0.05, 0.1) is 5.69 Å². The van der Waals surface area contributed by atoms with E-state index in [0.29, 0.717) is 0 Å². The quantitative estimate of drug-likeness (QED) is 0.594. The maximum absolute atomic E-state index is 6.99. The van der Waals surface area contributed by atoms with Crippen molar-refractivity contribution in [3.8, 4) is 0 Å². The highest BCUT2D eigenvalue weighted by Gasteiger charge is 1.93. The van der Waals surface area contributed by atoms with Crippen LogP contribution in [0.5, 0.6) is 0 Å². The van der Waals surface area contributed by atoms with Crippen LogP contribution in [-0.2, 0) is 0 Å². The van der Waals surface area contributed by atoms with E-state index >= 15 is 0 Å². The minimum Gasteiger partial charge on any atom is -0.360 e. The lowest BCUT2D eigenvalue weighted by Gasteiger charge is -1.86. The molecule has 0 aliphatic carbocycles. The number of rotatable bonds is 2. The standard InChI is InChI=1S/C7H7IN2/c8-3-1-6-2-4-10-7(6)5-9/h1-5,9-10H/b3-1-,9-5?. The van der Waals surface area contributed by atoms with Crippen molar-refractivity contribution >= 4 is 34.9 Å². The summed E-state index contributed by atoms with van der Waals surface area (Å²) in [5.41, 5.74) is 1.91. The van der Waals surface area contributed by atoms with Gasteiger partial charge >= 0.3 is 0 Å². The minimum absolute atomic E-state index is 0.855. The topological polar surface area (TPSA) is 39.6 Å². The van der Waals surface area contributed by atoms with E-state index in [0.717, 1.165) is 11.3 Å². The van der Waals surface area contributed by atoms with Gasteiger partial charge in [-0.3, -0.25) is 0 Å². The van der Waals surface area contributed by atoms with Crippen molar-refractivity contribution in [3.05, 3.63) is 27.6 Å². The van der Waals surface area contributed by atoms with Crippen LogP contribution < -0.4 is 0 Å². The molecule has 0 bridgehead atoms. The zero-order valence-electron chi connectivity index (χ0n) is 5.26. The summed E-state index contributed by atoms with van der Waals surface area (Å²) in [6.07, 6.45) is 5.09. The molecule has 3 heteroatoms. The maximum Gasteiger partial charge on any atom is 0.0632 e. The van der Waals surface area contributed by atoms with E-state index in [-0.39, 0.29) is 0 Å². The van der Waals surface area contributed by atoms with Gasteiger partial charge in [0.2, 0.25) is 0 Å². The summed E-state index contributed by atoms with van der Waals surface area (Å²) >= 11 is 2.15. The molecule has 0 unspecified atom stereocenters. The summed E-state index contributed by atoms with van der Waals surface area (Å²) in [4.78, 5) is 2.94. The molecule has 52 valence electrons. The Morgan fingerprint density at radius 3 is 3.00 bits per heavy atom. The lowest BCUT2D eigenvalue weighted by Crippen LogP contribution is -1.80. The SMILES string of the molecule is N=Cc1[nH]ccc1/C=C\I. The number of nitrogens with one attached hydrogen (secondary N) is 2. The van der Waals surface area contributed by atoms with E-state index in [4.69, 9.17) is 5.41 Å². The maximum atomic E-state index is 6.99. The molecule has 1 rings (SSSR count). The van der Waals surface area contributed by atoms with Gasteiger partial charge in [-0.2, -0.15) is 0 Å². The van der Waals surface area contributed by atoms with Crippen LogP contribution in [-0.4, -0.2) is 11.2 Å². The van der Waals surface area contributed by atoms with Crippen LogP contribution in [0, 0.1) is 5.41 Å². The molecule has 0 spiro atoms. The Morgan fingerprint density at radius 1 is 1.60 bits per heavy atom. The highest BCUT2D eigenvalue weighted by molar-refractivity contribution is 14.1. The summed E-state index contributed by atoms with van der Waals surface area (Å²) in [6.45, 7) is 0. The van der Waals surface area contributed by atoms with Gasteiger partial charge in [-0.25, -0.2) is 0 Å². The molecule has 2 nitrogen and oxygen atoms in total. The molecule has 0 atom stereocenters. The number of aromatic nitrogens is 1. The van der Waals surface area contributed by atoms with Crippen molar-refractivity contribution in [1.82, 2.24) is 4.98 Å². The lowest BCUT2D eigenvalue weighted by molar-refractivity contribution is 1.36. The molecule has 1 heterocycles. The van der Waals surface area contributed by atoms with Gasteiger partial charge in [0.1, 0.15) is 0 Å². The Hall–Kier alpha value is -0.580. The van der Waals surface area contributed by atoms with Crippen LogP contribution in [0.15, 0.2) is 16.3 Å². The number of hydrogen-bond donors (Lipinski definition) is 2. The summed E-state index contributed by atoms with van der Waals surface area (Å²) < 4.78 is 1.92. The van der Waals surface area contributed by atoms with Crippen LogP contribution in [0.4, 0.5) is 0 Å². The molecule has 1 aromatic heterocycles. The molecule has 0 aliphatic heterocycles. The molecule has 10 heavy (non-hydrogen) atoms.